The third-order valence-corrected chi connectivity index (χ3v) is 3.99. The lowest BCUT2D eigenvalue weighted by Crippen LogP contribution is -2.19. The van der Waals surface area contributed by atoms with Gasteiger partial charge in [0.15, 0.2) is 0 Å². The van der Waals surface area contributed by atoms with Crippen LogP contribution in [0.3, 0.4) is 0 Å². The number of carbonyl (C=O) groups excluding carboxylic acids is 2. The molecule has 25 heavy (non-hydrogen) atoms. The van der Waals surface area contributed by atoms with Crippen LogP contribution in [0, 0.1) is 0 Å². The minimum atomic E-state index is -0.263. The number of fused-ring (bicyclic) bond motifs is 1. The summed E-state index contributed by atoms with van der Waals surface area (Å²) in [6, 6.07) is 17.7. The van der Waals surface area contributed by atoms with Crippen LogP contribution in [-0.4, -0.2) is 24.0 Å². The normalized spacial score (nSPS) is 10.4. The third kappa shape index (κ3) is 3.61. The fraction of sp³-hybridized carbons (Fsp3) is 0.100. The van der Waals surface area contributed by atoms with E-state index in [1.54, 1.807) is 37.4 Å². The van der Waals surface area contributed by atoms with E-state index in [1.165, 1.54) is 0 Å². The maximum atomic E-state index is 12.4. The number of hydrogen-bond acceptors (Lipinski definition) is 3. The van der Waals surface area contributed by atoms with Crippen LogP contribution >= 0.6 is 0 Å². The molecule has 0 aliphatic carbocycles. The van der Waals surface area contributed by atoms with Crippen LogP contribution in [0.5, 0.6) is 5.75 Å². The van der Waals surface area contributed by atoms with E-state index in [1.807, 2.05) is 30.3 Å². The van der Waals surface area contributed by atoms with Gasteiger partial charge in [-0.1, -0.05) is 36.4 Å². The molecule has 0 fully saturated rings. The van der Waals surface area contributed by atoms with E-state index in [9.17, 15) is 14.7 Å². The number of carbonyl (C=O) groups is 2. The lowest BCUT2D eigenvalue weighted by molar-refractivity contribution is -0.115. The van der Waals surface area contributed by atoms with Crippen molar-refractivity contribution >= 4 is 28.3 Å². The van der Waals surface area contributed by atoms with Crippen molar-refractivity contribution in [1.82, 2.24) is 5.32 Å². The van der Waals surface area contributed by atoms with Crippen molar-refractivity contribution in [3.8, 4) is 5.75 Å². The second-order valence-electron chi connectivity index (χ2n) is 5.67. The highest BCUT2D eigenvalue weighted by atomic mass is 16.3. The van der Waals surface area contributed by atoms with Gasteiger partial charge in [0.2, 0.25) is 5.91 Å². The van der Waals surface area contributed by atoms with Crippen molar-refractivity contribution in [3.63, 3.8) is 0 Å². The highest BCUT2D eigenvalue weighted by Gasteiger charge is 2.12. The molecule has 3 aromatic rings. The Balaban J connectivity index is 1.82. The Morgan fingerprint density at radius 1 is 1.00 bits per heavy atom. The molecule has 3 N–H and O–H groups in total. The number of aromatic hydroxyl groups is 1. The zero-order valence-corrected chi connectivity index (χ0v) is 13.7. The van der Waals surface area contributed by atoms with Crippen LogP contribution in [0.1, 0.15) is 15.9 Å². The van der Waals surface area contributed by atoms with Crippen molar-refractivity contribution in [1.29, 1.82) is 0 Å². The van der Waals surface area contributed by atoms with E-state index >= 15 is 0 Å². The predicted molar refractivity (Wildman–Crippen MR) is 97.8 cm³/mol. The van der Waals surface area contributed by atoms with Crippen LogP contribution in [0.2, 0.25) is 0 Å². The molecular weight excluding hydrogens is 316 g/mol. The number of phenolic OH excluding ortho intramolecular Hbond substituents is 1. The molecule has 0 saturated carbocycles. The summed E-state index contributed by atoms with van der Waals surface area (Å²) in [5.74, 6) is -0.392. The number of phenols is 1. The zero-order chi connectivity index (χ0) is 17.8. The molecule has 0 aliphatic rings. The first-order valence-electron chi connectivity index (χ1n) is 7.90. The Hall–Kier alpha value is -3.34. The molecule has 0 spiro atoms. The fourth-order valence-corrected chi connectivity index (χ4v) is 2.76. The van der Waals surface area contributed by atoms with Gasteiger partial charge in [0, 0.05) is 23.9 Å². The zero-order valence-electron chi connectivity index (χ0n) is 13.7. The number of nitrogens with one attached hydrogen (secondary N) is 2. The van der Waals surface area contributed by atoms with Gasteiger partial charge in [0.1, 0.15) is 5.75 Å². The summed E-state index contributed by atoms with van der Waals surface area (Å²) in [7, 11) is 1.55. The molecule has 0 saturated heterocycles. The average Bonchev–Trinajstić information content (AvgIpc) is 2.63. The van der Waals surface area contributed by atoms with E-state index in [4.69, 9.17) is 0 Å². The van der Waals surface area contributed by atoms with Gasteiger partial charge in [0.05, 0.1) is 6.42 Å². The quantitative estimate of drug-likeness (QED) is 0.686. The molecule has 0 aliphatic heterocycles. The van der Waals surface area contributed by atoms with E-state index < -0.39 is 0 Å². The van der Waals surface area contributed by atoms with E-state index in [0.717, 1.165) is 10.8 Å². The van der Waals surface area contributed by atoms with Crippen molar-refractivity contribution in [2.24, 2.45) is 0 Å². The van der Waals surface area contributed by atoms with Gasteiger partial charge in [-0.05, 0) is 35.0 Å². The van der Waals surface area contributed by atoms with Gasteiger partial charge in [-0.15, -0.1) is 0 Å². The molecular formula is C20H18N2O3. The highest BCUT2D eigenvalue weighted by molar-refractivity contribution is 5.99. The van der Waals surface area contributed by atoms with Crippen LogP contribution in [0.15, 0.2) is 60.7 Å². The summed E-state index contributed by atoms with van der Waals surface area (Å²) in [4.78, 5) is 24.1. The Kier molecular flexibility index (Phi) is 4.66. The lowest BCUT2D eigenvalue weighted by atomic mass is 10.0. The second kappa shape index (κ2) is 7.05. The first-order chi connectivity index (χ1) is 12.1. The fourth-order valence-electron chi connectivity index (χ4n) is 2.76. The van der Waals surface area contributed by atoms with Crippen molar-refractivity contribution < 1.29 is 14.7 Å². The van der Waals surface area contributed by atoms with Gasteiger partial charge in [-0.25, -0.2) is 0 Å². The Bertz CT molecular complexity index is 951. The number of anilines is 1. The number of rotatable bonds is 4. The van der Waals surface area contributed by atoms with Crippen molar-refractivity contribution in [2.45, 2.75) is 6.42 Å². The Morgan fingerprint density at radius 2 is 1.80 bits per heavy atom. The molecule has 126 valence electrons. The largest absolute Gasteiger partial charge is 0.508 e. The molecule has 0 bridgehead atoms. The van der Waals surface area contributed by atoms with Crippen molar-refractivity contribution in [2.75, 3.05) is 12.4 Å². The summed E-state index contributed by atoms with van der Waals surface area (Å²) in [6.07, 6.45) is 0.0391. The van der Waals surface area contributed by atoms with Crippen LogP contribution in [-0.2, 0) is 11.2 Å². The average molecular weight is 334 g/mol. The molecule has 2 amide bonds. The van der Waals surface area contributed by atoms with E-state index in [-0.39, 0.29) is 24.0 Å². The molecule has 5 heteroatoms. The van der Waals surface area contributed by atoms with E-state index in [0.29, 0.717) is 16.8 Å². The third-order valence-electron chi connectivity index (χ3n) is 3.99. The standard InChI is InChI=1S/C20H18N2O3/c1-21-20(25)14-6-4-7-15(11-14)22-19(24)12-17-16-8-3-2-5-13(16)9-10-18(17)23/h2-11,23H,12H2,1H3,(H,21,25)(H,22,24). The lowest BCUT2D eigenvalue weighted by Gasteiger charge is -2.10. The Labute approximate surface area is 145 Å². The van der Waals surface area contributed by atoms with Gasteiger partial charge in [-0.3, -0.25) is 9.59 Å². The monoisotopic (exact) mass is 334 g/mol. The number of benzene rings is 3. The molecule has 0 atom stereocenters. The SMILES string of the molecule is CNC(=O)c1cccc(NC(=O)Cc2c(O)ccc3ccccc23)c1. The topological polar surface area (TPSA) is 78.4 Å². The summed E-state index contributed by atoms with van der Waals surface area (Å²) < 4.78 is 0. The summed E-state index contributed by atoms with van der Waals surface area (Å²) >= 11 is 0. The second-order valence-corrected chi connectivity index (χ2v) is 5.67. The van der Waals surface area contributed by atoms with Crippen LogP contribution < -0.4 is 10.6 Å². The van der Waals surface area contributed by atoms with Gasteiger partial charge >= 0.3 is 0 Å². The van der Waals surface area contributed by atoms with Crippen molar-refractivity contribution in [3.05, 3.63) is 71.8 Å². The highest BCUT2D eigenvalue weighted by Crippen LogP contribution is 2.27. The molecule has 3 rings (SSSR count). The summed E-state index contributed by atoms with van der Waals surface area (Å²) in [6.45, 7) is 0. The summed E-state index contributed by atoms with van der Waals surface area (Å²) in [5.41, 5.74) is 1.58. The molecule has 0 heterocycles. The maximum absolute atomic E-state index is 12.4. The summed E-state index contributed by atoms with van der Waals surface area (Å²) in [5, 5.41) is 17.3. The molecule has 0 aromatic heterocycles. The first-order valence-corrected chi connectivity index (χ1v) is 7.90. The molecule has 3 aromatic carbocycles. The van der Waals surface area contributed by atoms with Gasteiger partial charge in [-0.2, -0.15) is 0 Å². The number of hydrogen-bond donors (Lipinski definition) is 3. The molecule has 0 unspecified atom stereocenters. The van der Waals surface area contributed by atoms with Gasteiger partial charge in [0.25, 0.3) is 5.91 Å². The maximum Gasteiger partial charge on any atom is 0.251 e. The number of amides is 2. The van der Waals surface area contributed by atoms with E-state index in [2.05, 4.69) is 10.6 Å². The molecule has 0 radical (unpaired) electrons. The first kappa shape index (κ1) is 16.5. The minimum Gasteiger partial charge on any atom is -0.508 e. The minimum absolute atomic E-state index is 0.0391. The van der Waals surface area contributed by atoms with Crippen LogP contribution in [0.4, 0.5) is 5.69 Å². The Morgan fingerprint density at radius 3 is 2.60 bits per heavy atom. The van der Waals surface area contributed by atoms with Crippen LogP contribution in [0.25, 0.3) is 10.8 Å². The molecule has 5 nitrogen and oxygen atoms in total. The van der Waals surface area contributed by atoms with Gasteiger partial charge < -0.3 is 15.7 Å². The predicted octanol–water partition coefficient (Wildman–Crippen LogP) is 3.09. The smallest absolute Gasteiger partial charge is 0.251 e.